The second-order valence-corrected chi connectivity index (χ2v) is 2.93. The van der Waals surface area contributed by atoms with Gasteiger partial charge in [0, 0.05) is 26.2 Å². The number of carbonyl (C=O) groups excluding carboxylic acids is 1. The molecule has 1 heterocycles. The average Bonchev–Trinajstić information content (AvgIpc) is 2.15. The van der Waals surface area contributed by atoms with Gasteiger partial charge in [-0.2, -0.15) is 0 Å². The summed E-state index contributed by atoms with van der Waals surface area (Å²) in [4.78, 5) is 11.3. The van der Waals surface area contributed by atoms with Gasteiger partial charge >= 0.3 is 0 Å². The minimum absolute atomic E-state index is 0.0836. The van der Waals surface area contributed by atoms with Crippen molar-refractivity contribution in [2.75, 3.05) is 26.2 Å². The molecule has 0 aliphatic carbocycles. The average molecular weight is 170 g/mol. The van der Waals surface area contributed by atoms with Crippen molar-refractivity contribution in [3.8, 4) is 0 Å². The van der Waals surface area contributed by atoms with Gasteiger partial charge in [0.05, 0.1) is 0 Å². The predicted molar refractivity (Wildman–Crippen MR) is 47.0 cm³/mol. The zero-order valence-corrected chi connectivity index (χ0v) is 7.47. The van der Waals surface area contributed by atoms with E-state index in [1.807, 2.05) is 6.92 Å². The van der Waals surface area contributed by atoms with Crippen molar-refractivity contribution in [1.82, 2.24) is 16.0 Å². The SMILES string of the molecule is CCCNC(=O)C1C[N]CCN1. The first-order valence-corrected chi connectivity index (χ1v) is 4.49. The summed E-state index contributed by atoms with van der Waals surface area (Å²) < 4.78 is 0. The fraction of sp³-hybridized carbons (Fsp3) is 0.875. The Bertz CT molecular complexity index is 143. The molecular weight excluding hydrogens is 154 g/mol. The van der Waals surface area contributed by atoms with Gasteiger partial charge in [0.2, 0.25) is 5.91 Å². The number of hydrogen-bond acceptors (Lipinski definition) is 2. The first-order chi connectivity index (χ1) is 5.84. The van der Waals surface area contributed by atoms with Gasteiger partial charge in [-0.15, -0.1) is 0 Å². The Hall–Kier alpha value is -0.610. The van der Waals surface area contributed by atoms with Crippen molar-refractivity contribution in [2.24, 2.45) is 0 Å². The molecule has 0 bridgehead atoms. The van der Waals surface area contributed by atoms with Crippen LogP contribution in [0.1, 0.15) is 13.3 Å². The molecule has 1 unspecified atom stereocenters. The monoisotopic (exact) mass is 170 g/mol. The van der Waals surface area contributed by atoms with Crippen molar-refractivity contribution in [3.05, 3.63) is 0 Å². The quantitative estimate of drug-likeness (QED) is 0.576. The molecule has 4 heteroatoms. The van der Waals surface area contributed by atoms with E-state index in [0.717, 1.165) is 26.1 Å². The van der Waals surface area contributed by atoms with Crippen LogP contribution in [0.15, 0.2) is 0 Å². The first-order valence-electron chi connectivity index (χ1n) is 4.49. The lowest BCUT2D eigenvalue weighted by Crippen LogP contribution is -2.53. The zero-order valence-electron chi connectivity index (χ0n) is 7.47. The number of rotatable bonds is 3. The van der Waals surface area contributed by atoms with E-state index < -0.39 is 0 Å². The van der Waals surface area contributed by atoms with Crippen LogP contribution in [0.5, 0.6) is 0 Å². The Balaban J connectivity index is 2.20. The fourth-order valence-corrected chi connectivity index (χ4v) is 1.15. The van der Waals surface area contributed by atoms with E-state index in [-0.39, 0.29) is 11.9 Å². The molecule has 1 amide bonds. The van der Waals surface area contributed by atoms with Gasteiger partial charge in [-0.05, 0) is 6.42 Å². The molecule has 2 N–H and O–H groups in total. The van der Waals surface area contributed by atoms with Crippen LogP contribution in [0, 0.1) is 0 Å². The minimum atomic E-state index is -0.0923. The summed E-state index contributed by atoms with van der Waals surface area (Å²) in [5.74, 6) is 0.0836. The Morgan fingerprint density at radius 2 is 2.58 bits per heavy atom. The molecular formula is C8H16N3O. The molecule has 69 valence electrons. The standard InChI is InChI=1S/C8H16N3O/c1-2-3-11-8(12)7-6-9-4-5-10-7/h7,10H,2-6H2,1H3,(H,11,12). The molecule has 4 nitrogen and oxygen atoms in total. The summed E-state index contributed by atoms with van der Waals surface area (Å²) in [6.45, 7) is 5.08. The van der Waals surface area contributed by atoms with Crippen LogP contribution in [-0.2, 0) is 4.79 Å². The molecule has 1 fully saturated rings. The van der Waals surface area contributed by atoms with Crippen LogP contribution >= 0.6 is 0 Å². The number of nitrogens with zero attached hydrogens (tertiary/aromatic N) is 1. The zero-order chi connectivity index (χ0) is 8.81. The van der Waals surface area contributed by atoms with Crippen molar-refractivity contribution >= 4 is 5.91 Å². The van der Waals surface area contributed by atoms with Crippen LogP contribution in [0.2, 0.25) is 0 Å². The van der Waals surface area contributed by atoms with E-state index in [9.17, 15) is 4.79 Å². The molecule has 0 spiro atoms. The Morgan fingerprint density at radius 1 is 1.75 bits per heavy atom. The summed E-state index contributed by atoms with van der Waals surface area (Å²) in [7, 11) is 0. The van der Waals surface area contributed by atoms with Crippen molar-refractivity contribution < 1.29 is 4.79 Å². The third-order valence-corrected chi connectivity index (χ3v) is 1.84. The minimum Gasteiger partial charge on any atom is -0.355 e. The molecule has 0 saturated carbocycles. The maximum absolute atomic E-state index is 11.3. The highest BCUT2D eigenvalue weighted by Gasteiger charge is 2.19. The normalized spacial score (nSPS) is 23.6. The Labute approximate surface area is 73.1 Å². The Kier molecular flexibility index (Phi) is 4.04. The third-order valence-electron chi connectivity index (χ3n) is 1.84. The highest BCUT2D eigenvalue weighted by molar-refractivity contribution is 5.82. The summed E-state index contributed by atoms with van der Waals surface area (Å²) in [6, 6.07) is -0.0923. The van der Waals surface area contributed by atoms with Crippen LogP contribution in [0.3, 0.4) is 0 Å². The van der Waals surface area contributed by atoms with Gasteiger partial charge < -0.3 is 10.6 Å². The van der Waals surface area contributed by atoms with E-state index in [4.69, 9.17) is 0 Å². The summed E-state index contributed by atoms with van der Waals surface area (Å²) >= 11 is 0. The molecule has 1 atom stereocenters. The summed E-state index contributed by atoms with van der Waals surface area (Å²) in [5, 5.41) is 10.1. The van der Waals surface area contributed by atoms with Gasteiger partial charge in [-0.1, -0.05) is 6.92 Å². The molecule has 1 aliphatic rings. The maximum atomic E-state index is 11.3. The number of hydrogen-bond donors (Lipinski definition) is 2. The lowest BCUT2D eigenvalue weighted by atomic mass is 10.2. The lowest BCUT2D eigenvalue weighted by molar-refractivity contribution is -0.123. The van der Waals surface area contributed by atoms with Crippen molar-refractivity contribution in [3.63, 3.8) is 0 Å². The topological polar surface area (TPSA) is 55.2 Å². The Morgan fingerprint density at radius 3 is 3.17 bits per heavy atom. The molecule has 0 aromatic carbocycles. The predicted octanol–water partition coefficient (Wildman–Crippen LogP) is -0.911. The van der Waals surface area contributed by atoms with E-state index in [2.05, 4.69) is 16.0 Å². The number of carbonyl (C=O) groups is 1. The second-order valence-electron chi connectivity index (χ2n) is 2.93. The van der Waals surface area contributed by atoms with Crippen LogP contribution in [0.4, 0.5) is 0 Å². The highest BCUT2D eigenvalue weighted by atomic mass is 16.2. The van der Waals surface area contributed by atoms with Crippen molar-refractivity contribution in [1.29, 1.82) is 0 Å². The highest BCUT2D eigenvalue weighted by Crippen LogP contribution is 1.88. The van der Waals surface area contributed by atoms with Crippen LogP contribution in [-0.4, -0.2) is 38.1 Å². The molecule has 0 aromatic heterocycles. The second kappa shape index (κ2) is 5.11. The first kappa shape index (κ1) is 9.48. The lowest BCUT2D eigenvalue weighted by Gasteiger charge is -2.22. The van der Waals surface area contributed by atoms with Gasteiger partial charge in [0.25, 0.3) is 0 Å². The van der Waals surface area contributed by atoms with E-state index in [1.165, 1.54) is 0 Å². The van der Waals surface area contributed by atoms with Crippen molar-refractivity contribution in [2.45, 2.75) is 19.4 Å². The van der Waals surface area contributed by atoms with Gasteiger partial charge in [0.15, 0.2) is 0 Å². The maximum Gasteiger partial charge on any atom is 0.238 e. The van der Waals surface area contributed by atoms with E-state index in [0.29, 0.717) is 6.54 Å². The molecule has 1 rings (SSSR count). The third kappa shape index (κ3) is 2.79. The van der Waals surface area contributed by atoms with Gasteiger partial charge in [-0.3, -0.25) is 4.79 Å². The van der Waals surface area contributed by atoms with Gasteiger partial charge in [0.1, 0.15) is 6.04 Å². The number of amides is 1. The van der Waals surface area contributed by atoms with E-state index in [1.54, 1.807) is 0 Å². The number of nitrogens with one attached hydrogen (secondary N) is 2. The molecule has 12 heavy (non-hydrogen) atoms. The van der Waals surface area contributed by atoms with Gasteiger partial charge in [-0.25, -0.2) is 5.32 Å². The van der Waals surface area contributed by atoms with E-state index >= 15 is 0 Å². The molecule has 0 aromatic rings. The molecule has 1 saturated heterocycles. The fourth-order valence-electron chi connectivity index (χ4n) is 1.15. The summed E-state index contributed by atoms with van der Waals surface area (Å²) in [5.41, 5.74) is 0. The smallest absolute Gasteiger partial charge is 0.238 e. The molecule has 1 radical (unpaired) electrons. The summed E-state index contributed by atoms with van der Waals surface area (Å²) in [6.07, 6.45) is 0.982. The van der Waals surface area contributed by atoms with Crippen LogP contribution in [0.25, 0.3) is 0 Å². The molecule has 1 aliphatic heterocycles. The number of piperazine rings is 1. The largest absolute Gasteiger partial charge is 0.355 e. The van der Waals surface area contributed by atoms with Crippen LogP contribution < -0.4 is 16.0 Å².